The van der Waals surface area contributed by atoms with E-state index in [2.05, 4.69) is 78.5 Å². The fourth-order valence-corrected chi connectivity index (χ4v) is 10.3. The van der Waals surface area contributed by atoms with Crippen LogP contribution in [0.4, 0.5) is 26.3 Å². The average Bonchev–Trinajstić information content (AvgIpc) is 1.11. The lowest BCUT2D eigenvalue weighted by atomic mass is 9.86. The van der Waals surface area contributed by atoms with E-state index in [4.69, 9.17) is 27.6 Å². The molecule has 0 N–H and O–H groups in total. The highest BCUT2D eigenvalue weighted by Crippen LogP contribution is 2.40. The summed E-state index contributed by atoms with van der Waals surface area (Å²) in [5.41, 5.74) is 9.60. The van der Waals surface area contributed by atoms with Gasteiger partial charge < -0.3 is 27.6 Å². The number of aromatic nitrogens is 9. The number of aryl methyl sites for hydroxylation is 2. The zero-order chi connectivity index (χ0) is 70.4. The largest absolute Gasteiger partial charge is 0.490 e. The third kappa shape index (κ3) is 17.3. The highest BCUT2D eigenvalue weighted by atomic mass is 19.4. The van der Waals surface area contributed by atoms with E-state index in [-0.39, 0.29) is 28.3 Å². The average molecular weight is 1350 g/mol. The van der Waals surface area contributed by atoms with Gasteiger partial charge in [-0.3, -0.25) is 4.98 Å². The van der Waals surface area contributed by atoms with Crippen molar-refractivity contribution in [3.05, 3.63) is 271 Å². The molecule has 504 valence electrons. The van der Waals surface area contributed by atoms with Crippen LogP contribution in [0.5, 0.6) is 11.5 Å². The predicted molar refractivity (Wildman–Crippen MR) is 370 cm³/mol. The Bertz CT molecular complexity index is 5000. The van der Waals surface area contributed by atoms with Gasteiger partial charge in [-0.1, -0.05) is 193 Å². The molecule has 0 aliphatic carbocycles. The zero-order valence-electron chi connectivity index (χ0n) is 55.3. The van der Waals surface area contributed by atoms with Crippen molar-refractivity contribution in [2.45, 2.75) is 66.2 Å². The second-order valence-corrected chi connectivity index (χ2v) is 23.6. The van der Waals surface area contributed by atoms with Crippen LogP contribution in [0.3, 0.4) is 0 Å². The highest BCUT2D eigenvalue weighted by molar-refractivity contribution is 5.74. The third-order valence-electron chi connectivity index (χ3n) is 15.4. The Kier molecular flexibility index (Phi) is 21.4. The minimum atomic E-state index is -4.49. The summed E-state index contributed by atoms with van der Waals surface area (Å²) in [7, 11) is 0. The van der Waals surface area contributed by atoms with E-state index >= 15 is 0 Å². The molecule has 14 aromatic rings. The van der Waals surface area contributed by atoms with Crippen molar-refractivity contribution in [3.63, 3.8) is 0 Å². The summed E-state index contributed by atoms with van der Waals surface area (Å²) < 4.78 is 113. The third-order valence-corrected chi connectivity index (χ3v) is 15.4. The van der Waals surface area contributed by atoms with Crippen LogP contribution in [0.1, 0.15) is 62.4 Å². The van der Waals surface area contributed by atoms with Crippen molar-refractivity contribution in [2.75, 3.05) is 13.2 Å². The molecule has 15 nitrogen and oxygen atoms in total. The Labute approximate surface area is 572 Å². The Balaban J connectivity index is 0.000000135. The molecular formula is C79H65F6N9O6. The summed E-state index contributed by atoms with van der Waals surface area (Å²) in [5, 5.41) is 16.0. The molecule has 9 aromatic carbocycles. The van der Waals surface area contributed by atoms with E-state index in [0.717, 1.165) is 68.8 Å². The first-order chi connectivity index (χ1) is 48.2. The van der Waals surface area contributed by atoms with Gasteiger partial charge in [0.2, 0.25) is 23.3 Å². The molecule has 0 radical (unpaired) electrons. The van der Waals surface area contributed by atoms with Crippen molar-refractivity contribution in [1.29, 1.82) is 0 Å². The molecule has 0 atom stereocenters. The molecule has 0 amide bonds. The van der Waals surface area contributed by atoms with E-state index in [1.165, 1.54) is 5.56 Å². The van der Waals surface area contributed by atoms with Gasteiger partial charge in [-0.25, -0.2) is 0 Å². The van der Waals surface area contributed by atoms with E-state index in [0.29, 0.717) is 82.0 Å². The van der Waals surface area contributed by atoms with Crippen molar-refractivity contribution < 1.29 is 53.9 Å². The molecule has 21 heteroatoms. The fraction of sp³-hybridized carbons (Fsp3) is 0.152. The maximum atomic E-state index is 13.4. The number of pyridine rings is 1. The van der Waals surface area contributed by atoms with Crippen LogP contribution in [0, 0.1) is 13.8 Å². The Morgan fingerprint density at radius 1 is 0.320 bits per heavy atom. The molecule has 0 aliphatic rings. The number of ether oxygens (including phenoxy) is 2. The molecule has 5 heterocycles. The zero-order valence-corrected chi connectivity index (χ0v) is 55.3. The van der Waals surface area contributed by atoms with Crippen LogP contribution < -0.4 is 9.47 Å². The Morgan fingerprint density at radius 2 is 0.680 bits per heavy atom. The number of rotatable bonds is 14. The summed E-state index contributed by atoms with van der Waals surface area (Å²) in [4.78, 5) is 21.6. The molecule has 0 bridgehead atoms. The molecular weight excluding hydrogens is 1280 g/mol. The summed E-state index contributed by atoms with van der Waals surface area (Å²) in [5.74, 6) is 4.28. The minimum absolute atomic E-state index is 0.0390. The molecule has 0 saturated heterocycles. The SMILES string of the molecule is CC(C)(C)c1cccc(-c2nc(-c3ccncc3)no2)c1.CCOc1ccc(-c2nc(-c3ccccc3C)no2)cc1OCC.Cc1ccccc1-c1noc(-c2cc(-c3ccccc3)cc(C(F)(F)F)c2)n1.FC(F)(F)c1cc(-c2ccccc2)cc(-c2nc(-c3ccccc3)no2)c1. The lowest BCUT2D eigenvalue weighted by Crippen LogP contribution is -2.10. The predicted octanol–water partition coefficient (Wildman–Crippen LogP) is 21.1. The first-order valence-electron chi connectivity index (χ1n) is 31.7. The van der Waals surface area contributed by atoms with Gasteiger partial charge >= 0.3 is 12.4 Å². The van der Waals surface area contributed by atoms with Crippen LogP contribution in [0.25, 0.3) is 114 Å². The number of hydrogen-bond donors (Lipinski definition) is 0. The second-order valence-electron chi connectivity index (χ2n) is 23.6. The Hall–Kier alpha value is -12.1. The highest BCUT2D eigenvalue weighted by Gasteiger charge is 2.33. The standard InChI is InChI=1S/C22H15F3N2O.C21H13F3N2O.C19H20N2O3.C17H17N3O/c1-14-7-5-6-10-19(14)20-26-21(28-27-20)17-11-16(15-8-3-2-4-9-15)12-18(13-17)22(23,24)25;22-21(23,24)18-12-16(14-7-3-1-4-8-14)11-17(13-18)20-25-19(26-27-20)15-9-5-2-6-10-15;1-4-22-16-11-10-14(12-17(16)23-5-2)19-20-18(21-24-19)15-9-7-6-8-13(15)3;1-17(2,3)14-6-4-5-13(11-14)16-19-15(20-21-16)12-7-9-18-10-8-12/h2-13H,1H3;1-13H;6-12H,4-5H2,1-3H3;4-11H,1-3H3. The van der Waals surface area contributed by atoms with Crippen molar-refractivity contribution in [3.8, 4) is 125 Å². The van der Waals surface area contributed by atoms with Crippen LogP contribution in [0.2, 0.25) is 0 Å². The molecule has 0 unspecified atom stereocenters. The molecule has 14 rings (SSSR count). The van der Waals surface area contributed by atoms with Crippen LogP contribution >= 0.6 is 0 Å². The number of alkyl halides is 6. The lowest BCUT2D eigenvalue weighted by molar-refractivity contribution is -0.138. The van der Waals surface area contributed by atoms with Crippen LogP contribution in [0.15, 0.2) is 261 Å². The summed E-state index contributed by atoms with van der Waals surface area (Å²) in [6, 6.07) is 67.4. The Morgan fingerprint density at radius 3 is 1.12 bits per heavy atom. The second kappa shape index (κ2) is 30.9. The maximum absolute atomic E-state index is 13.4. The maximum Gasteiger partial charge on any atom is 0.416 e. The van der Waals surface area contributed by atoms with Crippen LogP contribution in [-0.2, 0) is 17.8 Å². The van der Waals surface area contributed by atoms with Crippen molar-refractivity contribution in [1.82, 2.24) is 45.5 Å². The van der Waals surface area contributed by atoms with Gasteiger partial charge in [0.05, 0.1) is 24.3 Å². The summed E-state index contributed by atoms with van der Waals surface area (Å²) in [6.45, 7) is 15.5. The molecule has 5 aromatic heterocycles. The van der Waals surface area contributed by atoms with Crippen molar-refractivity contribution in [2.24, 2.45) is 0 Å². The lowest BCUT2D eigenvalue weighted by Gasteiger charge is -2.19. The summed E-state index contributed by atoms with van der Waals surface area (Å²) in [6.07, 6.45) is -5.54. The number of hydrogen-bond acceptors (Lipinski definition) is 15. The molecule has 0 aliphatic heterocycles. The molecule has 100 heavy (non-hydrogen) atoms. The smallest absolute Gasteiger partial charge is 0.416 e. The first kappa shape index (κ1) is 69.2. The van der Waals surface area contributed by atoms with Crippen molar-refractivity contribution >= 4 is 0 Å². The normalized spacial score (nSPS) is 11.3. The van der Waals surface area contributed by atoms with Gasteiger partial charge in [0.1, 0.15) is 0 Å². The first-order valence-corrected chi connectivity index (χ1v) is 31.7. The molecule has 0 saturated carbocycles. The number of nitrogens with zero attached hydrogens (tertiary/aromatic N) is 9. The van der Waals surface area contributed by atoms with Gasteiger partial charge in [0, 0.05) is 56.9 Å². The van der Waals surface area contributed by atoms with E-state index in [1.54, 1.807) is 85.2 Å². The van der Waals surface area contributed by atoms with Gasteiger partial charge in [-0.2, -0.15) is 46.3 Å². The van der Waals surface area contributed by atoms with Gasteiger partial charge in [-0.15, -0.1) is 0 Å². The molecule has 0 fully saturated rings. The number of benzene rings is 9. The topological polar surface area (TPSA) is 187 Å². The van der Waals surface area contributed by atoms with Gasteiger partial charge in [0.15, 0.2) is 11.5 Å². The van der Waals surface area contributed by atoms with Gasteiger partial charge in [0.25, 0.3) is 23.6 Å². The van der Waals surface area contributed by atoms with E-state index < -0.39 is 23.5 Å². The van der Waals surface area contributed by atoms with E-state index in [1.807, 2.05) is 149 Å². The minimum Gasteiger partial charge on any atom is -0.490 e. The summed E-state index contributed by atoms with van der Waals surface area (Å²) >= 11 is 0. The van der Waals surface area contributed by atoms with Gasteiger partial charge in [-0.05, 0) is 151 Å². The quantitative estimate of drug-likeness (QED) is 0.0935. The monoisotopic (exact) mass is 1350 g/mol. The van der Waals surface area contributed by atoms with Crippen LogP contribution in [-0.4, -0.2) is 58.8 Å². The van der Waals surface area contributed by atoms with E-state index in [9.17, 15) is 26.3 Å². The molecule has 0 spiro atoms. The fourth-order valence-electron chi connectivity index (χ4n) is 10.3. The number of halogens is 6.